The van der Waals surface area contributed by atoms with E-state index in [0.717, 1.165) is 16.1 Å². The molecule has 6 nitrogen and oxygen atoms in total. The number of carbonyl (C=O) groups is 2. The maximum atomic E-state index is 12.0. The van der Waals surface area contributed by atoms with E-state index in [-0.39, 0.29) is 25.0 Å². The minimum absolute atomic E-state index is 0.0261. The van der Waals surface area contributed by atoms with Crippen LogP contribution in [0.2, 0.25) is 0 Å². The Hall–Kier alpha value is -3.06. The van der Waals surface area contributed by atoms with Crippen molar-refractivity contribution in [3.63, 3.8) is 0 Å². The van der Waals surface area contributed by atoms with Gasteiger partial charge in [-0.3, -0.25) is 14.6 Å². The predicted molar refractivity (Wildman–Crippen MR) is 103 cm³/mol. The quantitative estimate of drug-likeness (QED) is 0.636. The van der Waals surface area contributed by atoms with Gasteiger partial charge in [-0.15, -0.1) is 11.3 Å². The fraction of sp³-hybridized carbons (Fsp3) is 0.200. The molecule has 0 radical (unpaired) electrons. The lowest BCUT2D eigenvalue weighted by atomic mass is 10.1. The molecule has 7 heteroatoms. The Bertz CT molecular complexity index is 897. The van der Waals surface area contributed by atoms with Gasteiger partial charge in [0.05, 0.1) is 18.2 Å². The summed E-state index contributed by atoms with van der Waals surface area (Å²) < 4.78 is 5.06. The van der Waals surface area contributed by atoms with E-state index >= 15 is 0 Å². The van der Waals surface area contributed by atoms with Gasteiger partial charge in [-0.1, -0.05) is 30.3 Å². The number of hydrogen-bond acceptors (Lipinski definition) is 6. The Balaban J connectivity index is 1.46. The highest BCUT2D eigenvalue weighted by atomic mass is 32.1. The van der Waals surface area contributed by atoms with E-state index in [9.17, 15) is 9.59 Å². The third-order valence-electron chi connectivity index (χ3n) is 3.83. The smallest absolute Gasteiger partial charge is 0.312 e. The second kappa shape index (κ2) is 9.05. The van der Waals surface area contributed by atoms with Gasteiger partial charge < -0.3 is 10.1 Å². The molecule has 1 aromatic carbocycles. The Kier molecular flexibility index (Phi) is 6.27. The first-order valence-corrected chi connectivity index (χ1v) is 9.34. The highest BCUT2D eigenvalue weighted by molar-refractivity contribution is 7.13. The molecule has 3 rings (SSSR count). The van der Waals surface area contributed by atoms with Crippen molar-refractivity contribution in [3.05, 3.63) is 71.5 Å². The summed E-state index contributed by atoms with van der Waals surface area (Å²) in [5.74, 6) is -0.824. The van der Waals surface area contributed by atoms with Crippen molar-refractivity contribution in [2.75, 3.05) is 6.61 Å². The molecule has 0 aliphatic heterocycles. The summed E-state index contributed by atoms with van der Waals surface area (Å²) in [6.07, 6.45) is 3.44. The summed E-state index contributed by atoms with van der Waals surface area (Å²) in [5, 5.41) is 5.40. The molecule has 2 heterocycles. The molecular weight excluding hydrogens is 362 g/mol. The lowest BCUT2D eigenvalue weighted by Gasteiger charge is -2.14. The van der Waals surface area contributed by atoms with Crippen LogP contribution in [0.5, 0.6) is 0 Å². The maximum absolute atomic E-state index is 12.0. The van der Waals surface area contributed by atoms with Crippen LogP contribution in [0, 0.1) is 0 Å². The van der Waals surface area contributed by atoms with Gasteiger partial charge in [-0.25, -0.2) is 4.98 Å². The van der Waals surface area contributed by atoms with Crippen LogP contribution in [0.15, 0.2) is 60.2 Å². The van der Waals surface area contributed by atoms with Crippen LogP contribution in [0.3, 0.4) is 0 Å². The van der Waals surface area contributed by atoms with Crippen molar-refractivity contribution < 1.29 is 14.3 Å². The number of amides is 1. The first kappa shape index (κ1) is 18.7. The molecule has 0 fully saturated rings. The van der Waals surface area contributed by atoms with Crippen LogP contribution in [0.4, 0.5) is 0 Å². The first-order valence-electron chi connectivity index (χ1n) is 8.46. The molecule has 1 amide bonds. The number of thiazole rings is 1. The van der Waals surface area contributed by atoms with Gasteiger partial charge in [0, 0.05) is 23.3 Å². The van der Waals surface area contributed by atoms with Crippen LogP contribution in [0.1, 0.15) is 24.2 Å². The molecule has 1 atom stereocenters. The van der Waals surface area contributed by atoms with Crippen LogP contribution in [0.25, 0.3) is 10.6 Å². The molecule has 0 unspecified atom stereocenters. The predicted octanol–water partition coefficient (Wildman–Crippen LogP) is 3.17. The van der Waals surface area contributed by atoms with Gasteiger partial charge in [-0.2, -0.15) is 0 Å². The number of aromatic nitrogens is 2. The monoisotopic (exact) mass is 381 g/mol. The second-order valence-electron chi connectivity index (χ2n) is 5.92. The summed E-state index contributed by atoms with van der Waals surface area (Å²) in [6.45, 7) is 1.57. The average molecular weight is 381 g/mol. The van der Waals surface area contributed by atoms with Crippen LogP contribution in [-0.4, -0.2) is 28.5 Å². The van der Waals surface area contributed by atoms with Gasteiger partial charge >= 0.3 is 5.97 Å². The summed E-state index contributed by atoms with van der Waals surface area (Å²) in [4.78, 5) is 32.4. The van der Waals surface area contributed by atoms with Gasteiger partial charge in [-0.05, 0) is 24.6 Å². The zero-order valence-corrected chi connectivity index (χ0v) is 15.6. The third-order valence-corrected chi connectivity index (χ3v) is 4.77. The number of esters is 1. The zero-order valence-electron chi connectivity index (χ0n) is 14.8. The summed E-state index contributed by atoms with van der Waals surface area (Å²) in [5.41, 5.74) is 2.50. The Morgan fingerprint density at radius 2 is 2.00 bits per heavy atom. The van der Waals surface area contributed by atoms with Gasteiger partial charge in [0.25, 0.3) is 5.91 Å². The lowest BCUT2D eigenvalue weighted by molar-refractivity contribution is -0.148. The number of rotatable bonds is 7. The standard InChI is InChI=1S/C20H19N3O3S/c1-14(15-6-3-2-4-7-15)22-18(24)12-26-19(25)10-17-13-27-20(23-17)16-8-5-9-21-11-16/h2-9,11,13-14H,10,12H2,1H3,(H,22,24)/t14-/m0/s1. The molecule has 0 saturated carbocycles. The molecule has 0 aliphatic rings. The van der Waals surface area contributed by atoms with E-state index in [2.05, 4.69) is 15.3 Å². The van der Waals surface area contributed by atoms with Crippen molar-refractivity contribution in [3.8, 4) is 10.6 Å². The number of nitrogens with one attached hydrogen (secondary N) is 1. The summed E-state index contributed by atoms with van der Waals surface area (Å²) in [6, 6.07) is 13.2. The minimum atomic E-state index is -0.486. The van der Waals surface area contributed by atoms with Crippen molar-refractivity contribution >= 4 is 23.2 Å². The van der Waals surface area contributed by atoms with Crippen LogP contribution >= 0.6 is 11.3 Å². The van der Waals surface area contributed by atoms with Crippen molar-refractivity contribution in [1.29, 1.82) is 0 Å². The Morgan fingerprint density at radius 1 is 1.19 bits per heavy atom. The van der Waals surface area contributed by atoms with Crippen molar-refractivity contribution in [2.24, 2.45) is 0 Å². The van der Waals surface area contributed by atoms with E-state index in [1.807, 2.05) is 49.4 Å². The second-order valence-corrected chi connectivity index (χ2v) is 6.78. The van der Waals surface area contributed by atoms with E-state index in [4.69, 9.17) is 4.74 Å². The molecular formula is C20H19N3O3S. The molecule has 27 heavy (non-hydrogen) atoms. The molecule has 0 bridgehead atoms. The number of ether oxygens (including phenoxy) is 1. The fourth-order valence-corrected chi connectivity index (χ4v) is 3.27. The summed E-state index contributed by atoms with van der Waals surface area (Å²) in [7, 11) is 0. The fourth-order valence-electron chi connectivity index (χ4n) is 2.46. The van der Waals surface area contributed by atoms with Gasteiger partial charge in [0.2, 0.25) is 0 Å². The van der Waals surface area contributed by atoms with Crippen molar-refractivity contribution in [1.82, 2.24) is 15.3 Å². The first-order chi connectivity index (χ1) is 13.1. The van der Waals surface area contributed by atoms with E-state index < -0.39 is 5.97 Å². The minimum Gasteiger partial charge on any atom is -0.455 e. The molecule has 0 aliphatic carbocycles. The van der Waals surface area contributed by atoms with Crippen molar-refractivity contribution in [2.45, 2.75) is 19.4 Å². The molecule has 0 saturated heterocycles. The van der Waals surface area contributed by atoms with Gasteiger partial charge in [0.15, 0.2) is 6.61 Å². The Labute approximate surface area is 161 Å². The average Bonchev–Trinajstić information content (AvgIpc) is 3.16. The third kappa shape index (κ3) is 5.46. The molecule has 3 aromatic rings. The number of carbonyl (C=O) groups excluding carboxylic acids is 2. The SMILES string of the molecule is C[C@H](NC(=O)COC(=O)Cc1csc(-c2cccnc2)n1)c1ccccc1. The highest BCUT2D eigenvalue weighted by Crippen LogP contribution is 2.22. The molecule has 1 N–H and O–H groups in total. The summed E-state index contributed by atoms with van der Waals surface area (Å²) >= 11 is 1.44. The lowest BCUT2D eigenvalue weighted by Crippen LogP contribution is -2.31. The number of nitrogens with zero attached hydrogens (tertiary/aromatic N) is 2. The van der Waals surface area contributed by atoms with Crippen LogP contribution in [-0.2, 0) is 20.7 Å². The number of pyridine rings is 1. The maximum Gasteiger partial charge on any atom is 0.312 e. The Morgan fingerprint density at radius 3 is 2.74 bits per heavy atom. The molecule has 0 spiro atoms. The topological polar surface area (TPSA) is 81.2 Å². The zero-order chi connectivity index (χ0) is 19.1. The number of hydrogen-bond donors (Lipinski definition) is 1. The normalized spacial score (nSPS) is 11.6. The van der Waals surface area contributed by atoms with E-state index in [1.54, 1.807) is 17.8 Å². The molecule has 2 aromatic heterocycles. The van der Waals surface area contributed by atoms with Gasteiger partial charge in [0.1, 0.15) is 5.01 Å². The highest BCUT2D eigenvalue weighted by Gasteiger charge is 2.14. The molecule has 138 valence electrons. The van der Waals surface area contributed by atoms with E-state index in [1.165, 1.54) is 11.3 Å². The van der Waals surface area contributed by atoms with Crippen LogP contribution < -0.4 is 5.32 Å². The number of benzene rings is 1. The van der Waals surface area contributed by atoms with E-state index in [0.29, 0.717) is 5.69 Å². The largest absolute Gasteiger partial charge is 0.455 e.